The van der Waals surface area contributed by atoms with Crippen molar-refractivity contribution in [2.24, 2.45) is 11.7 Å². The molecule has 0 aliphatic rings. The highest BCUT2D eigenvalue weighted by atomic mass is 16.6. The number of non-ortho nitro benzene ring substituents is 1. The number of carbonyl (C=O) groups is 3. The molecule has 3 N–H and O–H groups in total. The Balaban J connectivity index is 2.83. The summed E-state index contributed by atoms with van der Waals surface area (Å²) in [6, 6.07) is 3.95. The predicted molar refractivity (Wildman–Crippen MR) is 84.0 cm³/mol. The van der Waals surface area contributed by atoms with Crippen LogP contribution in [0.25, 0.3) is 0 Å². The third kappa shape index (κ3) is 5.34. The molecule has 1 aromatic carbocycles. The number of primary amides is 1. The molecule has 0 spiro atoms. The first-order chi connectivity index (χ1) is 11.3. The molecule has 0 heterocycles. The van der Waals surface area contributed by atoms with Crippen LogP contribution in [0.3, 0.4) is 0 Å². The largest absolute Gasteiger partial charge is 0.466 e. The molecule has 0 saturated heterocycles. The zero-order chi connectivity index (χ0) is 18.3. The van der Waals surface area contributed by atoms with Crippen molar-refractivity contribution < 1.29 is 24.0 Å². The van der Waals surface area contributed by atoms with Crippen LogP contribution in [0.4, 0.5) is 5.69 Å². The summed E-state index contributed by atoms with van der Waals surface area (Å²) in [7, 11) is 0. The summed E-state index contributed by atoms with van der Waals surface area (Å²) < 4.78 is 4.84. The van der Waals surface area contributed by atoms with E-state index in [1.807, 2.05) is 0 Å². The van der Waals surface area contributed by atoms with Crippen LogP contribution in [-0.2, 0) is 14.3 Å². The van der Waals surface area contributed by atoms with E-state index in [1.54, 1.807) is 13.8 Å². The van der Waals surface area contributed by atoms with Crippen molar-refractivity contribution in [3.8, 4) is 0 Å². The average Bonchev–Trinajstić information content (AvgIpc) is 2.54. The number of rotatable bonds is 8. The van der Waals surface area contributed by atoms with Gasteiger partial charge in [-0.15, -0.1) is 0 Å². The quantitative estimate of drug-likeness (QED) is 0.407. The van der Waals surface area contributed by atoms with Gasteiger partial charge in [-0.25, -0.2) is 0 Å². The first kappa shape index (κ1) is 19.1. The SMILES string of the molecule is CCOC(=O)[C@@H](C)C[C@@H](NC(=O)c1cccc([N+](=O)[O-])c1)C(N)=O. The van der Waals surface area contributed by atoms with Gasteiger partial charge in [0.1, 0.15) is 6.04 Å². The summed E-state index contributed by atoms with van der Waals surface area (Å²) in [5, 5.41) is 13.1. The van der Waals surface area contributed by atoms with E-state index >= 15 is 0 Å². The van der Waals surface area contributed by atoms with Crippen LogP contribution in [0.15, 0.2) is 24.3 Å². The van der Waals surface area contributed by atoms with E-state index in [0.29, 0.717) is 0 Å². The molecule has 0 saturated carbocycles. The Morgan fingerprint density at radius 3 is 2.58 bits per heavy atom. The minimum atomic E-state index is -1.10. The standard InChI is InChI=1S/C15H19N3O6/c1-3-24-15(21)9(2)7-12(13(16)19)17-14(20)10-5-4-6-11(8-10)18(22)23/h4-6,8-9,12H,3,7H2,1-2H3,(H2,16,19)(H,17,20)/t9-,12+/m0/s1. The average molecular weight is 337 g/mol. The third-order valence-electron chi connectivity index (χ3n) is 3.25. The Hall–Kier alpha value is -2.97. The second-order valence-electron chi connectivity index (χ2n) is 5.12. The van der Waals surface area contributed by atoms with Crippen LogP contribution >= 0.6 is 0 Å². The second kappa shape index (κ2) is 8.61. The molecule has 0 unspecified atom stereocenters. The second-order valence-corrected chi connectivity index (χ2v) is 5.12. The van der Waals surface area contributed by atoms with E-state index in [-0.39, 0.29) is 24.3 Å². The van der Waals surface area contributed by atoms with Gasteiger partial charge < -0.3 is 15.8 Å². The van der Waals surface area contributed by atoms with Crippen LogP contribution in [0.2, 0.25) is 0 Å². The summed E-state index contributed by atoms with van der Waals surface area (Å²) in [5.41, 5.74) is 5.01. The van der Waals surface area contributed by atoms with Crippen molar-refractivity contribution in [1.82, 2.24) is 5.32 Å². The highest BCUT2D eigenvalue weighted by Gasteiger charge is 2.26. The van der Waals surface area contributed by atoms with E-state index < -0.39 is 34.7 Å². The van der Waals surface area contributed by atoms with Crippen molar-refractivity contribution in [3.05, 3.63) is 39.9 Å². The molecule has 9 heteroatoms. The molecular weight excluding hydrogens is 318 g/mol. The molecule has 2 atom stereocenters. The van der Waals surface area contributed by atoms with E-state index in [1.165, 1.54) is 18.2 Å². The van der Waals surface area contributed by atoms with Crippen molar-refractivity contribution in [2.45, 2.75) is 26.3 Å². The highest BCUT2D eigenvalue weighted by molar-refractivity contribution is 5.97. The van der Waals surface area contributed by atoms with Crippen molar-refractivity contribution in [1.29, 1.82) is 0 Å². The van der Waals surface area contributed by atoms with E-state index in [4.69, 9.17) is 10.5 Å². The normalized spacial score (nSPS) is 12.8. The zero-order valence-electron chi connectivity index (χ0n) is 13.4. The van der Waals surface area contributed by atoms with Gasteiger partial charge >= 0.3 is 5.97 Å². The van der Waals surface area contributed by atoms with E-state index in [2.05, 4.69) is 5.32 Å². The summed E-state index contributed by atoms with van der Waals surface area (Å²) in [6.07, 6.45) is -0.0329. The highest BCUT2D eigenvalue weighted by Crippen LogP contribution is 2.14. The molecular formula is C15H19N3O6. The fraction of sp³-hybridized carbons (Fsp3) is 0.400. The van der Waals surface area contributed by atoms with Gasteiger partial charge in [0, 0.05) is 17.7 Å². The number of nitro groups is 1. The lowest BCUT2D eigenvalue weighted by Gasteiger charge is -2.18. The number of ether oxygens (including phenoxy) is 1. The number of hydrogen-bond donors (Lipinski definition) is 2. The molecule has 0 aliphatic carbocycles. The van der Waals surface area contributed by atoms with Crippen molar-refractivity contribution in [3.63, 3.8) is 0 Å². The maximum atomic E-state index is 12.2. The molecule has 1 aromatic rings. The van der Waals surface area contributed by atoms with Crippen LogP contribution in [0.5, 0.6) is 0 Å². The molecule has 130 valence electrons. The number of amides is 2. The van der Waals surface area contributed by atoms with Gasteiger partial charge in [0.2, 0.25) is 5.91 Å². The lowest BCUT2D eigenvalue weighted by Crippen LogP contribution is -2.46. The lowest BCUT2D eigenvalue weighted by molar-refractivity contribution is -0.384. The molecule has 2 amide bonds. The summed E-state index contributed by atoms with van der Waals surface area (Å²) in [6.45, 7) is 3.40. The summed E-state index contributed by atoms with van der Waals surface area (Å²) in [5.74, 6) is -2.66. The maximum Gasteiger partial charge on any atom is 0.308 e. The summed E-state index contributed by atoms with van der Waals surface area (Å²) >= 11 is 0. The number of nitrogens with zero attached hydrogens (tertiary/aromatic N) is 1. The summed E-state index contributed by atoms with van der Waals surface area (Å²) in [4.78, 5) is 45.4. The predicted octanol–water partition coefficient (Wildman–Crippen LogP) is 0.768. The van der Waals surface area contributed by atoms with Gasteiger partial charge in [0.25, 0.3) is 11.6 Å². The Kier molecular flexibility index (Phi) is 6.84. The fourth-order valence-corrected chi connectivity index (χ4v) is 1.98. The number of nitrogens with two attached hydrogens (primary N) is 1. The Bertz CT molecular complexity index is 646. The minimum absolute atomic E-state index is 0.0132. The van der Waals surface area contributed by atoms with Gasteiger partial charge in [0.05, 0.1) is 17.4 Å². The Labute approximate surface area is 138 Å². The fourth-order valence-electron chi connectivity index (χ4n) is 1.98. The number of benzene rings is 1. The van der Waals surface area contributed by atoms with Gasteiger partial charge in [-0.2, -0.15) is 0 Å². The molecule has 0 aromatic heterocycles. The van der Waals surface area contributed by atoms with Crippen LogP contribution in [0, 0.1) is 16.0 Å². The molecule has 0 bridgehead atoms. The number of hydrogen-bond acceptors (Lipinski definition) is 6. The Morgan fingerprint density at radius 2 is 2.04 bits per heavy atom. The number of carbonyl (C=O) groups excluding carboxylic acids is 3. The smallest absolute Gasteiger partial charge is 0.308 e. The number of nitro benzene ring substituents is 1. The van der Waals surface area contributed by atoms with Gasteiger partial charge in [-0.05, 0) is 19.4 Å². The topological polar surface area (TPSA) is 142 Å². The Morgan fingerprint density at radius 1 is 1.38 bits per heavy atom. The van der Waals surface area contributed by atoms with Crippen LogP contribution < -0.4 is 11.1 Å². The first-order valence-corrected chi connectivity index (χ1v) is 7.27. The van der Waals surface area contributed by atoms with Gasteiger partial charge in [-0.1, -0.05) is 13.0 Å². The van der Waals surface area contributed by atoms with Gasteiger partial charge in [0.15, 0.2) is 0 Å². The van der Waals surface area contributed by atoms with Crippen molar-refractivity contribution >= 4 is 23.5 Å². The third-order valence-corrected chi connectivity index (χ3v) is 3.25. The molecule has 9 nitrogen and oxygen atoms in total. The van der Waals surface area contributed by atoms with Gasteiger partial charge in [-0.3, -0.25) is 24.5 Å². The molecule has 0 fully saturated rings. The van der Waals surface area contributed by atoms with Crippen LogP contribution in [0.1, 0.15) is 30.6 Å². The molecule has 0 aliphatic heterocycles. The zero-order valence-corrected chi connectivity index (χ0v) is 13.4. The molecule has 24 heavy (non-hydrogen) atoms. The lowest BCUT2D eigenvalue weighted by atomic mass is 10.0. The maximum absolute atomic E-state index is 12.2. The first-order valence-electron chi connectivity index (χ1n) is 7.27. The number of esters is 1. The van der Waals surface area contributed by atoms with Crippen molar-refractivity contribution in [2.75, 3.05) is 6.61 Å². The van der Waals surface area contributed by atoms with E-state index in [9.17, 15) is 24.5 Å². The molecule has 0 radical (unpaired) electrons. The molecule has 1 rings (SSSR count). The number of nitrogens with one attached hydrogen (secondary N) is 1. The van der Waals surface area contributed by atoms with Crippen LogP contribution in [-0.4, -0.2) is 35.4 Å². The monoisotopic (exact) mass is 337 g/mol. The van der Waals surface area contributed by atoms with E-state index in [0.717, 1.165) is 6.07 Å². The minimum Gasteiger partial charge on any atom is -0.466 e.